The lowest BCUT2D eigenvalue weighted by Crippen LogP contribution is -2.26. The van der Waals surface area contributed by atoms with Gasteiger partial charge in [-0.05, 0) is 24.4 Å². The van der Waals surface area contributed by atoms with Gasteiger partial charge in [0.1, 0.15) is 11.6 Å². The van der Waals surface area contributed by atoms with Crippen molar-refractivity contribution in [1.82, 2.24) is 4.90 Å². The Morgan fingerprint density at radius 2 is 1.80 bits per heavy atom. The summed E-state index contributed by atoms with van der Waals surface area (Å²) in [5, 5.41) is 0. The SMILES string of the molecule is C=CN(Cc1ccccc1OC)C(=NC)c1ccc(C(F)(F)F)cc1. The highest BCUT2D eigenvalue weighted by Gasteiger charge is 2.30. The molecule has 2 aromatic carbocycles. The Bertz CT molecular complexity index is 752. The molecule has 0 saturated carbocycles. The molecule has 0 bridgehead atoms. The second-order valence-corrected chi connectivity index (χ2v) is 5.24. The molecular formula is C19H19F3N2O. The van der Waals surface area contributed by atoms with E-state index in [1.54, 1.807) is 25.3 Å². The zero-order valence-electron chi connectivity index (χ0n) is 14.0. The molecule has 0 fully saturated rings. The predicted octanol–water partition coefficient (Wildman–Crippen LogP) is 4.74. The van der Waals surface area contributed by atoms with E-state index in [0.29, 0.717) is 17.9 Å². The standard InChI is InChI=1S/C19H19F3N2O/c1-4-24(13-15-7-5-6-8-17(15)25-3)18(23-2)14-9-11-16(12-10-14)19(20,21)22/h4-12H,1,13H2,2-3H3. The Balaban J connectivity index is 2.30. The first-order valence-electron chi connectivity index (χ1n) is 7.56. The van der Waals surface area contributed by atoms with Crippen LogP contribution in [0.4, 0.5) is 13.2 Å². The van der Waals surface area contributed by atoms with Gasteiger partial charge in [-0.1, -0.05) is 36.9 Å². The van der Waals surface area contributed by atoms with Crippen molar-refractivity contribution in [2.45, 2.75) is 12.7 Å². The minimum atomic E-state index is -4.36. The second-order valence-electron chi connectivity index (χ2n) is 5.24. The van der Waals surface area contributed by atoms with Gasteiger partial charge < -0.3 is 9.64 Å². The summed E-state index contributed by atoms with van der Waals surface area (Å²) in [7, 11) is 3.17. The Morgan fingerprint density at radius 1 is 1.16 bits per heavy atom. The Hall–Kier alpha value is -2.76. The molecule has 0 heterocycles. The van der Waals surface area contributed by atoms with Gasteiger partial charge in [-0.3, -0.25) is 4.99 Å². The molecule has 25 heavy (non-hydrogen) atoms. The molecule has 0 radical (unpaired) electrons. The number of alkyl halides is 3. The van der Waals surface area contributed by atoms with E-state index in [4.69, 9.17) is 4.74 Å². The fourth-order valence-corrected chi connectivity index (χ4v) is 2.47. The fourth-order valence-electron chi connectivity index (χ4n) is 2.47. The summed E-state index contributed by atoms with van der Waals surface area (Å²) in [6.07, 6.45) is -2.77. The normalized spacial score (nSPS) is 12.0. The summed E-state index contributed by atoms with van der Waals surface area (Å²) in [6.45, 7) is 4.22. The fraction of sp³-hybridized carbons (Fsp3) is 0.211. The molecule has 0 aliphatic carbocycles. The van der Waals surface area contributed by atoms with E-state index in [0.717, 1.165) is 23.4 Å². The molecule has 2 aromatic rings. The third-order valence-corrected chi connectivity index (χ3v) is 3.71. The predicted molar refractivity (Wildman–Crippen MR) is 92.6 cm³/mol. The first-order chi connectivity index (χ1) is 11.9. The summed E-state index contributed by atoms with van der Waals surface area (Å²) < 4.78 is 43.5. The van der Waals surface area contributed by atoms with E-state index in [2.05, 4.69) is 11.6 Å². The zero-order chi connectivity index (χ0) is 18.4. The molecule has 6 heteroatoms. The lowest BCUT2D eigenvalue weighted by Gasteiger charge is -2.23. The highest BCUT2D eigenvalue weighted by molar-refractivity contribution is 5.99. The van der Waals surface area contributed by atoms with Crippen LogP contribution in [0.1, 0.15) is 16.7 Å². The van der Waals surface area contributed by atoms with Crippen LogP contribution in [-0.2, 0) is 12.7 Å². The average molecular weight is 348 g/mol. The minimum absolute atomic E-state index is 0.432. The third kappa shape index (κ3) is 4.41. The topological polar surface area (TPSA) is 24.8 Å². The molecule has 132 valence electrons. The molecule has 0 amide bonds. The van der Waals surface area contributed by atoms with Crippen LogP contribution in [-0.4, -0.2) is 24.9 Å². The highest BCUT2D eigenvalue weighted by atomic mass is 19.4. The van der Waals surface area contributed by atoms with Crippen molar-refractivity contribution in [3.05, 3.63) is 78.0 Å². The van der Waals surface area contributed by atoms with E-state index >= 15 is 0 Å². The number of nitrogens with zero attached hydrogens (tertiary/aromatic N) is 2. The Kier molecular flexibility index (Phi) is 5.85. The first kappa shape index (κ1) is 18.6. The number of rotatable bonds is 5. The summed E-state index contributed by atoms with van der Waals surface area (Å²) in [4.78, 5) is 5.99. The number of ether oxygens (including phenoxy) is 1. The van der Waals surface area contributed by atoms with Gasteiger partial charge in [-0.2, -0.15) is 13.2 Å². The van der Waals surface area contributed by atoms with Crippen LogP contribution in [0, 0.1) is 0 Å². The van der Waals surface area contributed by atoms with E-state index in [1.165, 1.54) is 12.1 Å². The molecule has 0 spiro atoms. The van der Waals surface area contributed by atoms with Crippen molar-refractivity contribution in [3.63, 3.8) is 0 Å². The zero-order valence-corrected chi connectivity index (χ0v) is 14.0. The third-order valence-electron chi connectivity index (χ3n) is 3.71. The van der Waals surface area contributed by atoms with Crippen molar-refractivity contribution in [3.8, 4) is 5.75 Å². The number of hydrogen-bond donors (Lipinski definition) is 0. The summed E-state index contributed by atoms with van der Waals surface area (Å²) in [6, 6.07) is 12.4. The van der Waals surface area contributed by atoms with E-state index < -0.39 is 11.7 Å². The number of amidine groups is 1. The van der Waals surface area contributed by atoms with Crippen LogP contribution in [0.3, 0.4) is 0 Å². The molecule has 0 atom stereocenters. The number of hydrogen-bond acceptors (Lipinski definition) is 2. The van der Waals surface area contributed by atoms with Crippen LogP contribution < -0.4 is 4.74 Å². The molecular weight excluding hydrogens is 329 g/mol. The van der Waals surface area contributed by atoms with Gasteiger partial charge in [0.2, 0.25) is 0 Å². The van der Waals surface area contributed by atoms with Crippen molar-refractivity contribution in [2.24, 2.45) is 4.99 Å². The second kappa shape index (κ2) is 7.88. The molecule has 0 N–H and O–H groups in total. The lowest BCUT2D eigenvalue weighted by atomic mass is 10.1. The first-order valence-corrected chi connectivity index (χ1v) is 7.56. The van der Waals surface area contributed by atoms with Crippen molar-refractivity contribution >= 4 is 5.84 Å². The van der Waals surface area contributed by atoms with Crippen molar-refractivity contribution in [1.29, 1.82) is 0 Å². The molecule has 3 nitrogen and oxygen atoms in total. The van der Waals surface area contributed by atoms with Crippen molar-refractivity contribution in [2.75, 3.05) is 14.2 Å². The number of para-hydroxylation sites is 1. The quantitative estimate of drug-likeness (QED) is 0.576. The lowest BCUT2D eigenvalue weighted by molar-refractivity contribution is -0.137. The summed E-state index contributed by atoms with van der Waals surface area (Å²) >= 11 is 0. The molecule has 0 saturated heterocycles. The molecule has 0 aliphatic heterocycles. The average Bonchev–Trinajstić information content (AvgIpc) is 2.61. The molecule has 0 aliphatic rings. The Labute approximate surface area is 145 Å². The van der Waals surface area contributed by atoms with Gasteiger partial charge in [0, 0.05) is 18.2 Å². The van der Waals surface area contributed by atoms with Gasteiger partial charge in [-0.25, -0.2) is 0 Å². The maximum absolute atomic E-state index is 12.7. The van der Waals surface area contributed by atoms with Crippen LogP contribution in [0.2, 0.25) is 0 Å². The van der Waals surface area contributed by atoms with Gasteiger partial charge >= 0.3 is 6.18 Å². The molecule has 2 rings (SSSR count). The largest absolute Gasteiger partial charge is 0.496 e. The van der Waals surface area contributed by atoms with Gasteiger partial charge in [0.25, 0.3) is 0 Å². The summed E-state index contributed by atoms with van der Waals surface area (Å²) in [5.74, 6) is 1.24. The summed E-state index contributed by atoms with van der Waals surface area (Å²) in [5.41, 5.74) is 0.796. The van der Waals surface area contributed by atoms with Crippen LogP contribution in [0.5, 0.6) is 5.75 Å². The maximum atomic E-state index is 12.7. The molecule has 0 aromatic heterocycles. The van der Waals surface area contributed by atoms with Crippen LogP contribution >= 0.6 is 0 Å². The van der Waals surface area contributed by atoms with Gasteiger partial charge in [-0.15, -0.1) is 0 Å². The molecule has 0 unspecified atom stereocenters. The monoisotopic (exact) mass is 348 g/mol. The van der Waals surface area contributed by atoms with E-state index in [-0.39, 0.29) is 0 Å². The Morgan fingerprint density at radius 3 is 2.32 bits per heavy atom. The number of benzene rings is 2. The number of halogens is 3. The van der Waals surface area contributed by atoms with Crippen LogP contribution in [0.25, 0.3) is 0 Å². The smallest absolute Gasteiger partial charge is 0.416 e. The maximum Gasteiger partial charge on any atom is 0.416 e. The van der Waals surface area contributed by atoms with Crippen LogP contribution in [0.15, 0.2) is 66.3 Å². The van der Waals surface area contributed by atoms with E-state index in [9.17, 15) is 13.2 Å². The van der Waals surface area contributed by atoms with Crippen molar-refractivity contribution < 1.29 is 17.9 Å². The van der Waals surface area contributed by atoms with Gasteiger partial charge in [0.05, 0.1) is 19.2 Å². The highest BCUT2D eigenvalue weighted by Crippen LogP contribution is 2.29. The number of aliphatic imine (C=N–C) groups is 1. The minimum Gasteiger partial charge on any atom is -0.496 e. The van der Waals surface area contributed by atoms with Gasteiger partial charge in [0.15, 0.2) is 0 Å². The number of methoxy groups -OCH3 is 1. The van der Waals surface area contributed by atoms with E-state index in [1.807, 2.05) is 24.3 Å².